The van der Waals surface area contributed by atoms with Crippen LogP contribution in [0.1, 0.15) is 116 Å². The number of aliphatic hydroxyl groups is 2. The molecule has 0 aliphatic carbocycles. The predicted octanol–water partition coefficient (Wildman–Crippen LogP) is 5.08. The van der Waals surface area contributed by atoms with Crippen LogP contribution in [0.15, 0.2) is 0 Å². The molecular formula is C24H46O6Zn. The van der Waals surface area contributed by atoms with Crippen molar-refractivity contribution in [3.05, 3.63) is 0 Å². The van der Waals surface area contributed by atoms with Crippen LogP contribution in [0.2, 0.25) is 0 Å². The molecule has 0 rings (SSSR count). The van der Waals surface area contributed by atoms with Crippen LogP contribution in [0, 0.1) is 0 Å². The largest absolute Gasteiger partial charge is 0.466 e. The normalized spacial score (nSPS) is 11.6. The van der Waals surface area contributed by atoms with E-state index in [1.165, 1.54) is 51.4 Å². The molecule has 0 amide bonds. The number of ether oxygens (including phenoxy) is 2. The first-order valence-electron chi connectivity index (χ1n) is 12.2. The van der Waals surface area contributed by atoms with Gasteiger partial charge in [-0.25, -0.2) is 0 Å². The summed E-state index contributed by atoms with van der Waals surface area (Å²) in [5.41, 5.74) is 0. The molecular weight excluding hydrogens is 450 g/mol. The van der Waals surface area contributed by atoms with E-state index >= 15 is 0 Å². The summed E-state index contributed by atoms with van der Waals surface area (Å²) in [6, 6.07) is 0. The van der Waals surface area contributed by atoms with Gasteiger partial charge in [-0.15, -0.1) is 0 Å². The standard InChI is InChI=1S/C24H46O6.Zn/c1-2-3-4-5-6-7-8-9-13-16-19-29-23(27)17-14-11-10-12-15-18-24(28)30-21-22(26)20-25;/h22,25-26H,2-21H2,1H3;. The van der Waals surface area contributed by atoms with Gasteiger partial charge in [0.1, 0.15) is 12.7 Å². The molecule has 0 bridgehead atoms. The molecule has 6 nitrogen and oxygen atoms in total. The van der Waals surface area contributed by atoms with Crippen LogP contribution in [-0.4, -0.2) is 48.1 Å². The molecule has 31 heavy (non-hydrogen) atoms. The summed E-state index contributed by atoms with van der Waals surface area (Å²) >= 11 is 0. The van der Waals surface area contributed by atoms with E-state index in [1.807, 2.05) is 0 Å². The number of rotatable bonds is 22. The molecule has 1 unspecified atom stereocenters. The van der Waals surface area contributed by atoms with Gasteiger partial charge < -0.3 is 19.7 Å². The maximum Gasteiger partial charge on any atom is 0.305 e. The third kappa shape index (κ3) is 25.6. The van der Waals surface area contributed by atoms with Crippen molar-refractivity contribution in [2.24, 2.45) is 0 Å². The van der Waals surface area contributed by atoms with Crippen molar-refractivity contribution in [1.82, 2.24) is 0 Å². The zero-order valence-electron chi connectivity index (χ0n) is 20.0. The fraction of sp³-hybridized carbons (Fsp3) is 0.917. The molecule has 0 heterocycles. The van der Waals surface area contributed by atoms with Gasteiger partial charge in [0.2, 0.25) is 0 Å². The van der Waals surface area contributed by atoms with Crippen molar-refractivity contribution in [2.75, 3.05) is 19.8 Å². The van der Waals surface area contributed by atoms with E-state index in [2.05, 4.69) is 6.92 Å². The van der Waals surface area contributed by atoms with Crippen LogP contribution in [0.5, 0.6) is 0 Å². The van der Waals surface area contributed by atoms with Gasteiger partial charge in [0.15, 0.2) is 0 Å². The van der Waals surface area contributed by atoms with E-state index in [-0.39, 0.29) is 38.0 Å². The van der Waals surface area contributed by atoms with Crippen LogP contribution in [0.3, 0.4) is 0 Å². The van der Waals surface area contributed by atoms with Crippen molar-refractivity contribution >= 4 is 11.9 Å². The Morgan fingerprint density at radius 1 is 0.677 bits per heavy atom. The van der Waals surface area contributed by atoms with Crippen molar-refractivity contribution in [3.63, 3.8) is 0 Å². The Morgan fingerprint density at radius 2 is 1.10 bits per heavy atom. The summed E-state index contributed by atoms with van der Waals surface area (Å²) in [5.74, 6) is -0.449. The molecule has 0 fully saturated rings. The van der Waals surface area contributed by atoms with Gasteiger partial charge in [-0.3, -0.25) is 9.59 Å². The SMILES string of the molecule is CCCCCCCCCCCCOC(=O)CCCCCCCC(=O)OCC(O)CO.[Zn]. The van der Waals surface area contributed by atoms with Crippen molar-refractivity contribution in [3.8, 4) is 0 Å². The number of unbranched alkanes of at least 4 members (excludes halogenated alkanes) is 13. The molecule has 0 radical (unpaired) electrons. The summed E-state index contributed by atoms with van der Waals surface area (Å²) in [5, 5.41) is 17.7. The topological polar surface area (TPSA) is 93.1 Å². The minimum absolute atomic E-state index is 0. The molecule has 0 saturated carbocycles. The van der Waals surface area contributed by atoms with Gasteiger partial charge in [0.05, 0.1) is 13.2 Å². The van der Waals surface area contributed by atoms with E-state index in [0.29, 0.717) is 19.4 Å². The summed E-state index contributed by atoms with van der Waals surface area (Å²) < 4.78 is 10.1. The fourth-order valence-corrected chi connectivity index (χ4v) is 3.23. The second-order valence-electron chi connectivity index (χ2n) is 8.19. The Kier molecular flexibility index (Phi) is 27.1. The second-order valence-corrected chi connectivity index (χ2v) is 8.19. The third-order valence-electron chi connectivity index (χ3n) is 5.17. The minimum atomic E-state index is -1.00. The van der Waals surface area contributed by atoms with Crippen molar-refractivity contribution in [1.29, 1.82) is 0 Å². The van der Waals surface area contributed by atoms with Gasteiger partial charge in [0, 0.05) is 32.3 Å². The number of carbonyl (C=O) groups excluding carboxylic acids is 2. The molecule has 0 aliphatic rings. The fourth-order valence-electron chi connectivity index (χ4n) is 3.23. The summed E-state index contributed by atoms with van der Waals surface area (Å²) in [6.45, 7) is 2.22. The quantitative estimate of drug-likeness (QED) is 0.124. The van der Waals surface area contributed by atoms with Gasteiger partial charge in [0.25, 0.3) is 0 Å². The Morgan fingerprint density at radius 3 is 1.58 bits per heavy atom. The first kappa shape index (κ1) is 32.7. The third-order valence-corrected chi connectivity index (χ3v) is 5.17. The number of hydrogen-bond donors (Lipinski definition) is 2. The van der Waals surface area contributed by atoms with Crippen molar-refractivity contribution in [2.45, 2.75) is 122 Å². The zero-order valence-corrected chi connectivity index (χ0v) is 22.9. The first-order valence-corrected chi connectivity index (χ1v) is 12.2. The molecule has 0 spiro atoms. The molecule has 180 valence electrons. The molecule has 0 aromatic carbocycles. The van der Waals surface area contributed by atoms with Crippen LogP contribution < -0.4 is 0 Å². The molecule has 0 aliphatic heterocycles. The minimum Gasteiger partial charge on any atom is -0.466 e. The summed E-state index contributed by atoms with van der Waals surface area (Å²) in [4.78, 5) is 23.1. The number of aliphatic hydroxyl groups excluding tert-OH is 2. The van der Waals surface area contributed by atoms with E-state index in [9.17, 15) is 9.59 Å². The monoisotopic (exact) mass is 494 g/mol. The maximum atomic E-state index is 11.7. The number of carbonyl (C=O) groups is 2. The van der Waals surface area contributed by atoms with Crippen LogP contribution in [0.4, 0.5) is 0 Å². The summed E-state index contributed by atoms with van der Waals surface area (Å²) in [6.07, 6.45) is 16.9. The molecule has 0 aromatic rings. The van der Waals surface area contributed by atoms with E-state index in [1.54, 1.807) is 0 Å². The van der Waals surface area contributed by atoms with Crippen LogP contribution in [-0.2, 0) is 38.5 Å². The van der Waals surface area contributed by atoms with E-state index < -0.39 is 12.7 Å². The Hall–Kier alpha value is -0.517. The molecule has 2 N–H and O–H groups in total. The van der Waals surface area contributed by atoms with E-state index in [0.717, 1.165) is 44.9 Å². The molecule has 0 aromatic heterocycles. The predicted molar refractivity (Wildman–Crippen MR) is 119 cm³/mol. The van der Waals surface area contributed by atoms with Gasteiger partial charge >= 0.3 is 11.9 Å². The Labute approximate surface area is 202 Å². The average Bonchev–Trinajstić information content (AvgIpc) is 2.75. The molecule has 7 heteroatoms. The molecule has 0 saturated heterocycles. The Bertz CT molecular complexity index is 406. The second kappa shape index (κ2) is 25.7. The maximum absolute atomic E-state index is 11.7. The van der Waals surface area contributed by atoms with Gasteiger partial charge in [-0.05, 0) is 19.3 Å². The average molecular weight is 496 g/mol. The van der Waals surface area contributed by atoms with E-state index in [4.69, 9.17) is 19.7 Å². The van der Waals surface area contributed by atoms with Crippen LogP contribution >= 0.6 is 0 Å². The first-order chi connectivity index (χ1) is 14.6. The van der Waals surface area contributed by atoms with Gasteiger partial charge in [-0.1, -0.05) is 84.0 Å². The zero-order chi connectivity index (χ0) is 22.3. The number of esters is 2. The Balaban J connectivity index is 0. The van der Waals surface area contributed by atoms with Gasteiger partial charge in [-0.2, -0.15) is 0 Å². The number of hydrogen-bond acceptors (Lipinski definition) is 6. The summed E-state index contributed by atoms with van der Waals surface area (Å²) in [7, 11) is 0. The molecule has 1 atom stereocenters. The smallest absolute Gasteiger partial charge is 0.305 e. The van der Waals surface area contributed by atoms with Crippen LogP contribution in [0.25, 0.3) is 0 Å². The van der Waals surface area contributed by atoms with Crippen molar-refractivity contribution < 1.29 is 48.8 Å².